The van der Waals surface area contributed by atoms with Gasteiger partial charge in [0.1, 0.15) is 12.4 Å². The fraction of sp³-hybridized carbons (Fsp3) is 0.188. The standard InChI is InChI=1S/C16H16FNO2/c1-10-3-4-12(7-11(10)2)9-20-16(19)13-5-6-14(17)15(18)8-13/h3-8H,9,18H2,1-2H3. The third kappa shape index (κ3) is 3.15. The Hall–Kier alpha value is -2.36. The van der Waals surface area contributed by atoms with Gasteiger partial charge in [-0.3, -0.25) is 0 Å². The molecule has 0 fully saturated rings. The summed E-state index contributed by atoms with van der Waals surface area (Å²) >= 11 is 0. The molecule has 0 aliphatic rings. The molecule has 0 saturated heterocycles. The first kappa shape index (κ1) is 14.1. The first-order valence-corrected chi connectivity index (χ1v) is 6.25. The average molecular weight is 273 g/mol. The fourth-order valence-corrected chi connectivity index (χ4v) is 1.80. The summed E-state index contributed by atoms with van der Waals surface area (Å²) in [5.41, 5.74) is 8.84. The van der Waals surface area contributed by atoms with Gasteiger partial charge in [-0.1, -0.05) is 18.2 Å². The van der Waals surface area contributed by atoms with Crippen LogP contribution in [0.1, 0.15) is 27.0 Å². The number of anilines is 1. The molecule has 0 saturated carbocycles. The van der Waals surface area contributed by atoms with Gasteiger partial charge in [-0.2, -0.15) is 0 Å². The summed E-state index contributed by atoms with van der Waals surface area (Å²) in [7, 11) is 0. The van der Waals surface area contributed by atoms with Crippen molar-refractivity contribution in [2.45, 2.75) is 20.5 Å². The van der Waals surface area contributed by atoms with E-state index in [2.05, 4.69) is 0 Å². The Kier molecular flexibility index (Phi) is 4.03. The Morgan fingerprint density at radius 2 is 1.90 bits per heavy atom. The zero-order valence-corrected chi connectivity index (χ0v) is 11.4. The maximum atomic E-state index is 13.0. The molecule has 2 aromatic carbocycles. The summed E-state index contributed by atoms with van der Waals surface area (Å²) in [5, 5.41) is 0. The minimum Gasteiger partial charge on any atom is -0.457 e. The maximum Gasteiger partial charge on any atom is 0.338 e. The number of hydrogen-bond acceptors (Lipinski definition) is 3. The van der Waals surface area contributed by atoms with E-state index >= 15 is 0 Å². The molecule has 3 nitrogen and oxygen atoms in total. The van der Waals surface area contributed by atoms with E-state index in [0.717, 1.165) is 17.2 Å². The minimum absolute atomic E-state index is 0.0642. The molecule has 104 valence electrons. The number of esters is 1. The Bertz CT molecular complexity index is 653. The largest absolute Gasteiger partial charge is 0.457 e. The van der Waals surface area contributed by atoms with Crippen LogP contribution in [0.25, 0.3) is 0 Å². The molecule has 0 heterocycles. The first-order valence-electron chi connectivity index (χ1n) is 6.25. The summed E-state index contributed by atoms with van der Waals surface area (Å²) in [6.45, 7) is 4.20. The molecule has 2 rings (SSSR count). The monoisotopic (exact) mass is 273 g/mol. The molecule has 0 radical (unpaired) electrons. The molecule has 0 spiro atoms. The number of nitrogens with two attached hydrogens (primary N) is 1. The zero-order chi connectivity index (χ0) is 14.7. The molecule has 0 atom stereocenters. The predicted molar refractivity (Wildman–Crippen MR) is 75.8 cm³/mol. The lowest BCUT2D eigenvalue weighted by molar-refractivity contribution is 0.0472. The number of hydrogen-bond donors (Lipinski definition) is 1. The lowest BCUT2D eigenvalue weighted by Gasteiger charge is -2.08. The van der Waals surface area contributed by atoms with Gasteiger partial charge in [-0.25, -0.2) is 9.18 Å². The topological polar surface area (TPSA) is 52.3 Å². The molecule has 0 amide bonds. The van der Waals surface area contributed by atoms with E-state index in [1.54, 1.807) is 0 Å². The van der Waals surface area contributed by atoms with Crippen LogP contribution < -0.4 is 5.73 Å². The van der Waals surface area contributed by atoms with Crippen molar-refractivity contribution in [1.82, 2.24) is 0 Å². The van der Waals surface area contributed by atoms with E-state index in [4.69, 9.17) is 10.5 Å². The summed E-state index contributed by atoms with van der Waals surface area (Å²) in [6, 6.07) is 9.65. The zero-order valence-electron chi connectivity index (χ0n) is 11.4. The Morgan fingerprint density at radius 1 is 1.15 bits per heavy atom. The van der Waals surface area contributed by atoms with Crippen LogP contribution in [-0.4, -0.2) is 5.97 Å². The van der Waals surface area contributed by atoms with Gasteiger partial charge in [0.15, 0.2) is 0 Å². The van der Waals surface area contributed by atoms with Gasteiger partial charge >= 0.3 is 5.97 Å². The predicted octanol–water partition coefficient (Wildman–Crippen LogP) is 3.38. The lowest BCUT2D eigenvalue weighted by atomic mass is 10.1. The van der Waals surface area contributed by atoms with Crippen LogP contribution in [0.15, 0.2) is 36.4 Å². The second-order valence-electron chi connectivity index (χ2n) is 4.73. The number of rotatable bonds is 3. The van der Waals surface area contributed by atoms with Crippen molar-refractivity contribution in [3.05, 3.63) is 64.5 Å². The van der Waals surface area contributed by atoms with Crippen LogP contribution in [0.4, 0.5) is 10.1 Å². The second-order valence-corrected chi connectivity index (χ2v) is 4.73. The van der Waals surface area contributed by atoms with E-state index in [1.165, 1.54) is 17.7 Å². The van der Waals surface area contributed by atoms with Gasteiger partial charge in [0.05, 0.1) is 11.3 Å². The Balaban J connectivity index is 2.04. The fourth-order valence-electron chi connectivity index (χ4n) is 1.80. The molecule has 0 aromatic heterocycles. The number of carbonyl (C=O) groups is 1. The van der Waals surface area contributed by atoms with Gasteiger partial charge in [0, 0.05) is 0 Å². The van der Waals surface area contributed by atoms with Crippen molar-refractivity contribution in [3.63, 3.8) is 0 Å². The van der Waals surface area contributed by atoms with E-state index in [0.29, 0.717) is 0 Å². The normalized spacial score (nSPS) is 10.3. The SMILES string of the molecule is Cc1ccc(COC(=O)c2ccc(F)c(N)c2)cc1C. The quantitative estimate of drug-likeness (QED) is 0.689. The molecule has 0 aliphatic carbocycles. The molecule has 4 heteroatoms. The van der Waals surface area contributed by atoms with E-state index in [-0.39, 0.29) is 17.9 Å². The molecule has 2 N–H and O–H groups in total. The van der Waals surface area contributed by atoms with Crippen LogP contribution >= 0.6 is 0 Å². The molecule has 0 bridgehead atoms. The van der Waals surface area contributed by atoms with Crippen molar-refractivity contribution in [1.29, 1.82) is 0 Å². The first-order chi connectivity index (χ1) is 9.47. The van der Waals surface area contributed by atoms with Gasteiger partial charge < -0.3 is 10.5 Å². The van der Waals surface area contributed by atoms with Crippen molar-refractivity contribution in [2.24, 2.45) is 0 Å². The lowest BCUT2D eigenvalue weighted by Crippen LogP contribution is -2.06. The van der Waals surface area contributed by atoms with Crippen LogP contribution in [0.5, 0.6) is 0 Å². The van der Waals surface area contributed by atoms with Crippen molar-refractivity contribution in [3.8, 4) is 0 Å². The van der Waals surface area contributed by atoms with E-state index < -0.39 is 11.8 Å². The van der Waals surface area contributed by atoms with Gasteiger partial charge in [-0.05, 0) is 48.7 Å². The highest BCUT2D eigenvalue weighted by molar-refractivity contribution is 5.90. The third-order valence-corrected chi connectivity index (χ3v) is 3.17. The number of aryl methyl sites for hydroxylation is 2. The molecule has 0 unspecified atom stereocenters. The van der Waals surface area contributed by atoms with Crippen LogP contribution in [0.3, 0.4) is 0 Å². The van der Waals surface area contributed by atoms with Crippen molar-refractivity contribution in [2.75, 3.05) is 5.73 Å². The minimum atomic E-state index is -0.546. The highest BCUT2D eigenvalue weighted by Crippen LogP contribution is 2.15. The Morgan fingerprint density at radius 3 is 2.55 bits per heavy atom. The molecule has 2 aromatic rings. The summed E-state index contributed by atoms with van der Waals surface area (Å²) < 4.78 is 18.2. The Labute approximate surface area is 117 Å². The molecule has 20 heavy (non-hydrogen) atoms. The number of ether oxygens (including phenoxy) is 1. The molecule has 0 aliphatic heterocycles. The van der Waals surface area contributed by atoms with Crippen molar-refractivity contribution >= 4 is 11.7 Å². The number of benzene rings is 2. The van der Waals surface area contributed by atoms with Crippen LogP contribution in [0.2, 0.25) is 0 Å². The van der Waals surface area contributed by atoms with Crippen LogP contribution in [0, 0.1) is 19.7 Å². The highest BCUT2D eigenvalue weighted by Gasteiger charge is 2.10. The van der Waals surface area contributed by atoms with Gasteiger partial charge in [-0.15, -0.1) is 0 Å². The molecular weight excluding hydrogens is 257 g/mol. The smallest absolute Gasteiger partial charge is 0.338 e. The molecular formula is C16H16FNO2. The van der Waals surface area contributed by atoms with Gasteiger partial charge in [0.25, 0.3) is 0 Å². The summed E-state index contributed by atoms with van der Waals surface area (Å²) in [5.74, 6) is -1.06. The highest BCUT2D eigenvalue weighted by atomic mass is 19.1. The van der Waals surface area contributed by atoms with E-state index in [1.807, 2.05) is 32.0 Å². The van der Waals surface area contributed by atoms with Gasteiger partial charge in [0.2, 0.25) is 0 Å². The van der Waals surface area contributed by atoms with E-state index in [9.17, 15) is 9.18 Å². The second kappa shape index (κ2) is 5.74. The number of nitrogen functional groups attached to an aromatic ring is 1. The van der Waals surface area contributed by atoms with Crippen LogP contribution in [-0.2, 0) is 11.3 Å². The summed E-state index contributed by atoms with van der Waals surface area (Å²) in [6.07, 6.45) is 0. The maximum absolute atomic E-state index is 13.0. The number of carbonyl (C=O) groups excluding carboxylic acids is 1. The third-order valence-electron chi connectivity index (χ3n) is 3.17. The average Bonchev–Trinajstić information content (AvgIpc) is 2.43. The summed E-state index contributed by atoms with van der Waals surface area (Å²) in [4.78, 5) is 11.8. The number of halogens is 1. The van der Waals surface area contributed by atoms with Crippen molar-refractivity contribution < 1.29 is 13.9 Å².